The fraction of sp³-hybridized carbons (Fsp3) is 0.267. The second-order valence-electron chi connectivity index (χ2n) is 4.84. The first kappa shape index (κ1) is 18.4. The molecule has 1 heterocycles. The van der Waals surface area contributed by atoms with Crippen molar-refractivity contribution in [3.63, 3.8) is 0 Å². The van der Waals surface area contributed by atoms with E-state index in [-0.39, 0.29) is 15.7 Å². The van der Waals surface area contributed by atoms with Crippen LogP contribution in [0.2, 0.25) is 0 Å². The second-order valence-corrected chi connectivity index (χ2v) is 7.72. The molecule has 2 aromatic rings. The molecule has 1 N–H and O–H groups in total. The van der Waals surface area contributed by atoms with Crippen LogP contribution in [-0.4, -0.2) is 41.6 Å². The van der Waals surface area contributed by atoms with E-state index in [0.29, 0.717) is 18.8 Å². The van der Waals surface area contributed by atoms with Crippen molar-refractivity contribution in [3.05, 3.63) is 46.4 Å². The fourth-order valence-electron chi connectivity index (χ4n) is 1.87. The fourth-order valence-corrected chi connectivity index (χ4v) is 4.25. The Labute approximate surface area is 143 Å². The molecule has 0 radical (unpaired) electrons. The van der Waals surface area contributed by atoms with Crippen molar-refractivity contribution in [2.75, 3.05) is 31.6 Å². The number of rotatable bonds is 7. The molecule has 0 aliphatic heterocycles. The van der Waals surface area contributed by atoms with Gasteiger partial charge in [0.15, 0.2) is 0 Å². The number of carbonyl (C=O) groups excluding carboxylic acids is 1. The Morgan fingerprint density at radius 1 is 1.33 bits per heavy atom. The van der Waals surface area contributed by atoms with Gasteiger partial charge in [0, 0.05) is 26.1 Å². The molecule has 0 atom stereocenters. The summed E-state index contributed by atoms with van der Waals surface area (Å²) in [6, 6.07) is 6.44. The lowest BCUT2D eigenvalue weighted by Gasteiger charge is -2.18. The highest BCUT2D eigenvalue weighted by atomic mass is 32.2. The molecule has 0 bridgehead atoms. The zero-order valence-corrected chi connectivity index (χ0v) is 14.8. The minimum absolute atomic E-state index is 0.0104. The van der Waals surface area contributed by atoms with Gasteiger partial charge in [0.1, 0.15) is 5.82 Å². The number of methoxy groups -OCH3 is 1. The molecule has 0 saturated heterocycles. The molecular formula is C15H17FN2O4S2. The van der Waals surface area contributed by atoms with Gasteiger partial charge in [-0.05, 0) is 30.3 Å². The number of halogens is 1. The quantitative estimate of drug-likeness (QED) is 0.755. The predicted octanol–water partition coefficient (Wildman–Crippen LogP) is 2.09. The van der Waals surface area contributed by atoms with E-state index in [1.54, 1.807) is 0 Å². The van der Waals surface area contributed by atoms with Crippen molar-refractivity contribution in [3.8, 4) is 0 Å². The molecule has 0 unspecified atom stereocenters. The highest BCUT2D eigenvalue weighted by Crippen LogP contribution is 2.26. The first-order chi connectivity index (χ1) is 11.4. The lowest BCUT2D eigenvalue weighted by Crippen LogP contribution is -2.27. The topological polar surface area (TPSA) is 75.7 Å². The number of hydrogen-bond donors (Lipinski definition) is 1. The van der Waals surface area contributed by atoms with Gasteiger partial charge in [0.25, 0.3) is 15.9 Å². The molecule has 130 valence electrons. The van der Waals surface area contributed by atoms with E-state index >= 15 is 0 Å². The van der Waals surface area contributed by atoms with E-state index in [4.69, 9.17) is 4.74 Å². The van der Waals surface area contributed by atoms with Gasteiger partial charge in [-0.15, -0.1) is 11.3 Å². The van der Waals surface area contributed by atoms with Crippen molar-refractivity contribution in [2.24, 2.45) is 0 Å². The lowest BCUT2D eigenvalue weighted by molar-refractivity contribution is 0.0941. The average molecular weight is 372 g/mol. The number of thiophene rings is 1. The standard InChI is InChI=1S/C15H17FN2O4S2/c1-18(12-5-3-11(16)4-6-12)24(20,21)13-9-14(23-10-13)15(19)17-7-8-22-2/h3-6,9-10H,7-8H2,1-2H3,(H,17,19). The normalized spacial score (nSPS) is 11.3. The monoisotopic (exact) mass is 372 g/mol. The molecule has 24 heavy (non-hydrogen) atoms. The summed E-state index contributed by atoms with van der Waals surface area (Å²) >= 11 is 1.04. The third-order valence-corrected chi connectivity index (χ3v) is 6.08. The van der Waals surface area contributed by atoms with E-state index < -0.39 is 15.8 Å². The SMILES string of the molecule is COCCNC(=O)c1cc(S(=O)(=O)N(C)c2ccc(F)cc2)cs1. The molecule has 0 saturated carbocycles. The molecule has 1 aromatic heterocycles. The Morgan fingerprint density at radius 3 is 2.62 bits per heavy atom. The first-order valence-electron chi connectivity index (χ1n) is 6.96. The van der Waals surface area contributed by atoms with Crippen LogP contribution in [0.5, 0.6) is 0 Å². The Morgan fingerprint density at radius 2 is 2.00 bits per heavy atom. The van der Waals surface area contributed by atoms with E-state index in [2.05, 4.69) is 5.32 Å². The van der Waals surface area contributed by atoms with Gasteiger partial charge in [-0.3, -0.25) is 9.10 Å². The second kappa shape index (κ2) is 7.73. The number of nitrogens with one attached hydrogen (secondary N) is 1. The minimum Gasteiger partial charge on any atom is -0.383 e. The summed E-state index contributed by atoms with van der Waals surface area (Å²) < 4.78 is 44.1. The van der Waals surface area contributed by atoms with Crippen LogP contribution in [0.4, 0.5) is 10.1 Å². The average Bonchev–Trinajstić information content (AvgIpc) is 3.06. The number of nitrogens with zero attached hydrogens (tertiary/aromatic N) is 1. The number of carbonyl (C=O) groups is 1. The summed E-state index contributed by atoms with van der Waals surface area (Å²) in [4.78, 5) is 12.2. The Bertz CT molecular complexity index is 803. The number of anilines is 1. The molecule has 1 aromatic carbocycles. The largest absolute Gasteiger partial charge is 0.383 e. The van der Waals surface area contributed by atoms with E-state index in [1.165, 1.54) is 49.9 Å². The highest BCUT2D eigenvalue weighted by molar-refractivity contribution is 7.93. The Hall–Kier alpha value is -1.97. The van der Waals surface area contributed by atoms with Crippen LogP contribution in [0, 0.1) is 5.82 Å². The maximum Gasteiger partial charge on any atom is 0.264 e. The predicted molar refractivity (Wildman–Crippen MR) is 90.5 cm³/mol. The van der Waals surface area contributed by atoms with Gasteiger partial charge >= 0.3 is 0 Å². The number of amides is 1. The molecule has 0 fully saturated rings. The molecule has 6 nitrogen and oxygen atoms in total. The molecule has 0 spiro atoms. The Kier molecular flexibility index (Phi) is 5.92. The maximum atomic E-state index is 13.0. The van der Waals surface area contributed by atoms with Gasteiger partial charge < -0.3 is 10.1 Å². The molecular weight excluding hydrogens is 355 g/mol. The summed E-state index contributed by atoms with van der Waals surface area (Å²) in [5.74, 6) is -0.807. The van der Waals surface area contributed by atoms with Gasteiger partial charge in [-0.2, -0.15) is 0 Å². The van der Waals surface area contributed by atoms with Gasteiger partial charge in [-0.25, -0.2) is 12.8 Å². The van der Waals surface area contributed by atoms with Crippen LogP contribution in [0.3, 0.4) is 0 Å². The first-order valence-corrected chi connectivity index (χ1v) is 9.28. The maximum absolute atomic E-state index is 13.0. The smallest absolute Gasteiger partial charge is 0.264 e. The number of hydrogen-bond acceptors (Lipinski definition) is 5. The summed E-state index contributed by atoms with van der Waals surface area (Å²) in [5, 5.41) is 4.03. The van der Waals surface area contributed by atoms with Crippen molar-refractivity contribution in [2.45, 2.75) is 4.90 Å². The molecule has 9 heteroatoms. The summed E-state index contributed by atoms with van der Waals surface area (Å²) in [6.45, 7) is 0.709. The highest BCUT2D eigenvalue weighted by Gasteiger charge is 2.24. The van der Waals surface area contributed by atoms with Crippen molar-refractivity contribution in [1.29, 1.82) is 0 Å². The van der Waals surface area contributed by atoms with Crippen molar-refractivity contribution in [1.82, 2.24) is 5.32 Å². The van der Waals surface area contributed by atoms with Gasteiger partial charge in [0.05, 0.1) is 22.1 Å². The molecule has 2 rings (SSSR count). The third kappa shape index (κ3) is 4.11. The number of ether oxygens (including phenoxy) is 1. The van der Waals surface area contributed by atoms with Crippen LogP contribution in [0.25, 0.3) is 0 Å². The van der Waals surface area contributed by atoms with Crippen molar-refractivity contribution < 1.29 is 22.3 Å². The number of benzene rings is 1. The van der Waals surface area contributed by atoms with Crippen LogP contribution < -0.4 is 9.62 Å². The van der Waals surface area contributed by atoms with E-state index in [1.807, 2.05) is 0 Å². The van der Waals surface area contributed by atoms with Crippen LogP contribution in [-0.2, 0) is 14.8 Å². The minimum atomic E-state index is -3.83. The van der Waals surface area contributed by atoms with Crippen LogP contribution >= 0.6 is 11.3 Å². The Balaban J connectivity index is 2.18. The summed E-state index contributed by atoms with van der Waals surface area (Å²) in [5.41, 5.74) is 0.327. The summed E-state index contributed by atoms with van der Waals surface area (Å²) in [7, 11) is -0.931. The summed E-state index contributed by atoms with van der Waals surface area (Å²) in [6.07, 6.45) is 0. The molecule has 0 aliphatic carbocycles. The van der Waals surface area contributed by atoms with Crippen LogP contribution in [0.1, 0.15) is 9.67 Å². The number of sulfonamides is 1. The van der Waals surface area contributed by atoms with E-state index in [9.17, 15) is 17.6 Å². The van der Waals surface area contributed by atoms with Crippen LogP contribution in [0.15, 0.2) is 40.6 Å². The molecule has 0 aliphatic rings. The van der Waals surface area contributed by atoms with Gasteiger partial charge in [0.2, 0.25) is 0 Å². The zero-order valence-electron chi connectivity index (χ0n) is 13.2. The third-order valence-electron chi connectivity index (χ3n) is 3.24. The van der Waals surface area contributed by atoms with Crippen molar-refractivity contribution >= 4 is 33.0 Å². The van der Waals surface area contributed by atoms with E-state index in [0.717, 1.165) is 15.6 Å². The zero-order chi connectivity index (χ0) is 17.7. The lowest BCUT2D eigenvalue weighted by atomic mass is 10.3. The van der Waals surface area contributed by atoms with Gasteiger partial charge in [-0.1, -0.05) is 0 Å². The molecule has 1 amide bonds.